The number of carbonyl (C=O) groups excluding carboxylic acids is 1. The lowest BCUT2D eigenvalue weighted by molar-refractivity contribution is -0.141. The molecule has 8 nitrogen and oxygen atoms in total. The first-order valence-corrected chi connectivity index (χ1v) is 12.9. The molecule has 35 heavy (non-hydrogen) atoms. The third kappa shape index (κ3) is 5.15. The average Bonchev–Trinajstić information content (AvgIpc) is 3.38. The number of hydrogen-bond acceptors (Lipinski definition) is 7. The number of nitrogens with zero attached hydrogens (tertiary/aromatic N) is 3. The van der Waals surface area contributed by atoms with E-state index in [-0.39, 0.29) is 10.8 Å². The number of benzene rings is 1. The van der Waals surface area contributed by atoms with E-state index in [1.807, 2.05) is 0 Å². The van der Waals surface area contributed by atoms with Crippen molar-refractivity contribution in [3.63, 3.8) is 0 Å². The molecule has 2 aromatic heterocycles. The van der Waals surface area contributed by atoms with Gasteiger partial charge in [0.15, 0.2) is 10.8 Å². The Bertz CT molecular complexity index is 1370. The summed E-state index contributed by atoms with van der Waals surface area (Å²) in [5.74, 6) is -0.391. The third-order valence-electron chi connectivity index (χ3n) is 5.90. The van der Waals surface area contributed by atoms with Gasteiger partial charge in [-0.2, -0.15) is 13.2 Å². The van der Waals surface area contributed by atoms with Crippen molar-refractivity contribution in [3.8, 4) is 11.3 Å². The summed E-state index contributed by atoms with van der Waals surface area (Å²) in [6.45, 7) is 4.99. The molecule has 0 spiro atoms. The topological polar surface area (TPSA) is 114 Å². The van der Waals surface area contributed by atoms with E-state index in [9.17, 15) is 26.4 Å². The van der Waals surface area contributed by atoms with E-state index in [0.29, 0.717) is 36.0 Å². The van der Waals surface area contributed by atoms with Crippen LogP contribution in [-0.4, -0.2) is 34.0 Å². The first-order chi connectivity index (χ1) is 16.2. The van der Waals surface area contributed by atoms with E-state index < -0.39 is 38.0 Å². The minimum Gasteiger partial charge on any atom is -0.325 e. The van der Waals surface area contributed by atoms with Crippen LogP contribution < -0.4 is 10.0 Å². The summed E-state index contributed by atoms with van der Waals surface area (Å²) >= 11 is 1.10. The number of halogens is 3. The van der Waals surface area contributed by atoms with Gasteiger partial charge >= 0.3 is 6.18 Å². The monoisotopic (exact) mass is 525 g/mol. The predicted octanol–water partition coefficient (Wildman–Crippen LogP) is 4.83. The second-order valence-electron chi connectivity index (χ2n) is 9.04. The fourth-order valence-corrected chi connectivity index (χ4v) is 5.46. The van der Waals surface area contributed by atoms with E-state index >= 15 is 0 Å². The minimum atomic E-state index is -4.60. The molecule has 0 unspecified atom stereocenters. The highest BCUT2D eigenvalue weighted by molar-refractivity contribution is 7.94. The van der Waals surface area contributed by atoms with Crippen molar-refractivity contribution < 1.29 is 26.4 Å². The number of carbonyl (C=O) groups is 1. The maximum Gasteiger partial charge on any atom is 0.434 e. The van der Waals surface area contributed by atoms with Crippen molar-refractivity contribution in [3.05, 3.63) is 53.4 Å². The number of rotatable bonds is 7. The van der Waals surface area contributed by atoms with Gasteiger partial charge in [-0.1, -0.05) is 12.1 Å². The molecule has 0 atom stereocenters. The van der Waals surface area contributed by atoms with Crippen LogP contribution in [0.4, 0.5) is 24.0 Å². The summed E-state index contributed by atoms with van der Waals surface area (Å²) in [5.41, 5.74) is -0.906. The lowest BCUT2D eigenvalue weighted by Crippen LogP contribution is -2.35. The molecule has 4 rings (SSSR count). The average molecular weight is 526 g/mol. The van der Waals surface area contributed by atoms with Gasteiger partial charge in [0.2, 0.25) is 15.9 Å². The Morgan fingerprint density at radius 1 is 1.06 bits per heavy atom. The molecule has 1 amide bonds. The predicted molar refractivity (Wildman–Crippen MR) is 126 cm³/mol. The Hall–Kier alpha value is -3.06. The van der Waals surface area contributed by atoms with Crippen LogP contribution in [0.2, 0.25) is 0 Å². The fourth-order valence-electron chi connectivity index (χ4n) is 3.06. The Morgan fingerprint density at radius 3 is 2.31 bits per heavy atom. The van der Waals surface area contributed by atoms with Crippen molar-refractivity contribution in [2.75, 3.05) is 10.0 Å². The van der Waals surface area contributed by atoms with Crippen molar-refractivity contribution in [2.45, 2.75) is 50.0 Å². The highest BCUT2D eigenvalue weighted by atomic mass is 32.2. The zero-order chi connectivity index (χ0) is 25.6. The van der Waals surface area contributed by atoms with Crippen LogP contribution in [0.5, 0.6) is 0 Å². The summed E-state index contributed by atoms with van der Waals surface area (Å²) in [4.78, 5) is 24.5. The molecule has 13 heteroatoms. The molecule has 0 bridgehead atoms. The van der Waals surface area contributed by atoms with E-state index in [0.717, 1.165) is 11.3 Å². The molecule has 2 N–H and O–H groups in total. The van der Waals surface area contributed by atoms with Gasteiger partial charge in [-0.25, -0.2) is 18.4 Å². The molecule has 1 aliphatic carbocycles. The minimum absolute atomic E-state index is 0.0514. The SMILES string of the molecule is CC(C)(C(=O)Nc1ccc(-c2cncc(C(F)(F)F)n2)cc1)c1csc(NS(=O)(=O)C2(C)CC2)n1. The number of anilines is 2. The first-order valence-electron chi connectivity index (χ1n) is 10.5. The largest absolute Gasteiger partial charge is 0.434 e. The zero-order valence-corrected chi connectivity index (χ0v) is 20.6. The second kappa shape index (κ2) is 8.55. The molecule has 0 radical (unpaired) electrons. The van der Waals surface area contributed by atoms with Crippen LogP contribution in [0.15, 0.2) is 42.0 Å². The summed E-state index contributed by atoms with van der Waals surface area (Å²) < 4.78 is 65.3. The molecule has 2 heterocycles. The van der Waals surface area contributed by atoms with Crippen LogP contribution in [-0.2, 0) is 26.4 Å². The Kier molecular flexibility index (Phi) is 6.12. The van der Waals surface area contributed by atoms with Crippen molar-refractivity contribution in [2.24, 2.45) is 0 Å². The van der Waals surface area contributed by atoms with Gasteiger partial charge in [0.05, 0.1) is 33.9 Å². The summed E-state index contributed by atoms with van der Waals surface area (Å²) in [5, 5.41) is 4.58. The van der Waals surface area contributed by atoms with Crippen molar-refractivity contribution in [1.29, 1.82) is 0 Å². The van der Waals surface area contributed by atoms with Gasteiger partial charge in [0.1, 0.15) is 0 Å². The third-order valence-corrected chi connectivity index (χ3v) is 8.96. The number of hydrogen-bond donors (Lipinski definition) is 2. The molecule has 0 saturated heterocycles. The van der Waals surface area contributed by atoms with Gasteiger partial charge in [-0.3, -0.25) is 14.5 Å². The fraction of sp³-hybridized carbons (Fsp3) is 0.364. The van der Waals surface area contributed by atoms with Crippen LogP contribution in [0.25, 0.3) is 11.3 Å². The molecule has 3 aromatic rings. The van der Waals surface area contributed by atoms with Crippen molar-refractivity contribution in [1.82, 2.24) is 15.0 Å². The molecular formula is C22H22F3N5O3S2. The lowest BCUT2D eigenvalue weighted by Gasteiger charge is -2.21. The molecule has 1 aliphatic rings. The van der Waals surface area contributed by atoms with E-state index in [2.05, 4.69) is 25.0 Å². The highest BCUT2D eigenvalue weighted by Gasteiger charge is 2.50. The van der Waals surface area contributed by atoms with E-state index in [1.54, 1.807) is 38.3 Å². The molecule has 186 valence electrons. The van der Waals surface area contributed by atoms with Crippen LogP contribution in [0.1, 0.15) is 45.0 Å². The van der Waals surface area contributed by atoms with Crippen LogP contribution >= 0.6 is 11.3 Å². The Labute approximate surface area is 204 Å². The quantitative estimate of drug-likeness (QED) is 0.457. The van der Waals surface area contributed by atoms with E-state index in [1.165, 1.54) is 18.3 Å². The number of alkyl halides is 3. The normalized spacial score (nSPS) is 15.5. The standard InChI is InChI=1S/C22H22F3N5O3S2/c1-20(2,17-12-34-19(29-17)30-35(32,33)21(3)8-9-21)18(31)27-14-6-4-13(5-7-14)15-10-26-11-16(28-15)22(23,24)25/h4-7,10-12H,8-9H2,1-3H3,(H,27,31)(H,29,30). The maximum atomic E-state index is 13.0. The van der Waals surface area contributed by atoms with Gasteiger partial charge in [-0.15, -0.1) is 11.3 Å². The van der Waals surface area contributed by atoms with Crippen molar-refractivity contribution >= 4 is 38.1 Å². The van der Waals surface area contributed by atoms with Gasteiger partial charge < -0.3 is 5.32 Å². The summed E-state index contributed by atoms with van der Waals surface area (Å²) in [6.07, 6.45) is -1.54. The molecular weight excluding hydrogens is 503 g/mol. The number of thiazole rings is 1. The first kappa shape index (κ1) is 25.0. The van der Waals surface area contributed by atoms with E-state index in [4.69, 9.17) is 0 Å². The molecule has 1 fully saturated rings. The van der Waals surface area contributed by atoms with Gasteiger partial charge in [0, 0.05) is 16.6 Å². The lowest BCUT2D eigenvalue weighted by atomic mass is 9.89. The number of aromatic nitrogens is 3. The van der Waals surface area contributed by atoms with Gasteiger partial charge in [0.25, 0.3) is 0 Å². The number of amides is 1. The van der Waals surface area contributed by atoms with Crippen LogP contribution in [0.3, 0.4) is 0 Å². The van der Waals surface area contributed by atoms with Crippen LogP contribution in [0, 0.1) is 0 Å². The summed E-state index contributed by atoms with van der Waals surface area (Å²) in [6, 6.07) is 6.15. The Balaban J connectivity index is 1.45. The Morgan fingerprint density at radius 2 is 1.71 bits per heavy atom. The molecule has 0 aliphatic heterocycles. The molecule has 1 saturated carbocycles. The van der Waals surface area contributed by atoms with Gasteiger partial charge in [-0.05, 0) is 45.7 Å². The zero-order valence-electron chi connectivity index (χ0n) is 19.0. The summed E-state index contributed by atoms with van der Waals surface area (Å²) in [7, 11) is -3.55. The molecule has 1 aromatic carbocycles. The smallest absolute Gasteiger partial charge is 0.325 e. The number of sulfonamides is 1. The highest BCUT2D eigenvalue weighted by Crippen LogP contribution is 2.43. The maximum absolute atomic E-state index is 13.0. The second-order valence-corrected chi connectivity index (χ2v) is 12.1. The number of nitrogens with one attached hydrogen (secondary N) is 2.